The Morgan fingerprint density at radius 2 is 0.757 bits per heavy atom. The van der Waals surface area contributed by atoms with Crippen LogP contribution in [0, 0.1) is 0 Å². The van der Waals surface area contributed by atoms with Gasteiger partial charge in [-0.1, -0.05) is 174 Å². The first-order chi connectivity index (χ1) is 34.2. The van der Waals surface area contributed by atoms with Gasteiger partial charge in [0.1, 0.15) is 12.7 Å². The van der Waals surface area contributed by atoms with Crippen molar-refractivity contribution in [3.63, 3.8) is 0 Å². The Balaban J connectivity index is 4.92. The van der Waals surface area contributed by atoms with Crippen molar-refractivity contribution < 1.29 is 52.2 Å². The maximum absolute atomic E-state index is 12.8. The predicted octanol–water partition coefficient (Wildman–Crippen LogP) is 15.2. The normalized spacial score (nSPS) is 14.4. The van der Waals surface area contributed by atoms with E-state index in [0.717, 1.165) is 109 Å². The van der Waals surface area contributed by atoms with E-state index in [1.165, 1.54) is 12.8 Å². The third kappa shape index (κ3) is 48.9. The van der Waals surface area contributed by atoms with Crippen LogP contribution >= 0.6 is 7.82 Å². The van der Waals surface area contributed by atoms with E-state index in [1.54, 1.807) is 0 Å². The van der Waals surface area contributed by atoms with Crippen LogP contribution in [0.4, 0.5) is 0 Å². The molecule has 396 valence electrons. The first-order valence-electron chi connectivity index (χ1n) is 26.4. The number of unbranched alkanes of at least 4 members (excludes halogenated alkanes) is 10. The minimum absolute atomic E-state index is 0.0961. The van der Waals surface area contributed by atoms with Gasteiger partial charge in [-0.2, -0.15) is 0 Å². The van der Waals surface area contributed by atoms with Crippen molar-refractivity contribution in [2.75, 3.05) is 26.4 Å². The summed E-state index contributed by atoms with van der Waals surface area (Å²) in [7, 11) is -4.77. The van der Waals surface area contributed by atoms with Crippen molar-refractivity contribution in [2.45, 2.75) is 200 Å². The molecule has 0 amide bonds. The van der Waals surface area contributed by atoms with Crippen LogP contribution in [0.3, 0.4) is 0 Å². The predicted molar refractivity (Wildman–Crippen MR) is 288 cm³/mol. The van der Waals surface area contributed by atoms with Gasteiger partial charge in [0.05, 0.1) is 19.8 Å². The highest BCUT2D eigenvalue weighted by molar-refractivity contribution is 7.47. The zero-order chi connectivity index (χ0) is 51.3. The molecular formula is C58H93O11P. The Bertz CT molecular complexity index is 1630. The SMILES string of the molecule is CC/C=C\C/C=C\C/C=C\C/C=C\C/C=C\CCCC(=O)OCC(COP(=O)(O)OCC(CO)OC(=O)CCCCCCC/C=C\CCCC)OC(=O)CCCC/C=C\C/C=C\C/C=C\C/C=C\CC. The van der Waals surface area contributed by atoms with Gasteiger partial charge in [0.2, 0.25) is 0 Å². The third-order valence-electron chi connectivity index (χ3n) is 10.3. The van der Waals surface area contributed by atoms with Gasteiger partial charge in [0, 0.05) is 19.3 Å². The summed E-state index contributed by atoms with van der Waals surface area (Å²) >= 11 is 0. The number of aliphatic hydroxyl groups excluding tert-OH is 1. The van der Waals surface area contributed by atoms with Gasteiger partial charge in [-0.3, -0.25) is 23.4 Å². The van der Waals surface area contributed by atoms with Crippen LogP contribution < -0.4 is 0 Å². The smallest absolute Gasteiger partial charge is 0.462 e. The minimum atomic E-state index is -4.77. The Hall–Kier alpha value is -4.12. The number of phosphoric ester groups is 1. The maximum atomic E-state index is 12.8. The van der Waals surface area contributed by atoms with Crippen LogP contribution in [0.2, 0.25) is 0 Å². The first kappa shape index (κ1) is 65.9. The minimum Gasteiger partial charge on any atom is -0.462 e. The molecular weight excluding hydrogens is 904 g/mol. The Morgan fingerprint density at radius 1 is 0.414 bits per heavy atom. The number of phosphoric acid groups is 1. The van der Waals surface area contributed by atoms with Crippen LogP contribution in [0.15, 0.2) is 122 Å². The molecule has 0 heterocycles. The molecule has 0 bridgehead atoms. The van der Waals surface area contributed by atoms with Gasteiger partial charge in [0.15, 0.2) is 6.10 Å². The molecule has 3 unspecified atom stereocenters. The number of allylic oxidation sites excluding steroid dienone is 20. The molecule has 0 saturated heterocycles. The largest absolute Gasteiger partial charge is 0.472 e. The molecule has 0 saturated carbocycles. The number of carbonyl (C=O) groups is 3. The summed E-state index contributed by atoms with van der Waals surface area (Å²) in [6.45, 7) is 4.21. The van der Waals surface area contributed by atoms with Crippen LogP contribution in [0.1, 0.15) is 188 Å². The molecule has 0 aliphatic heterocycles. The summed E-state index contributed by atoms with van der Waals surface area (Å²) in [5.74, 6) is -1.61. The van der Waals surface area contributed by atoms with E-state index in [4.69, 9.17) is 23.3 Å². The summed E-state index contributed by atoms with van der Waals surface area (Å²) in [6.07, 6.45) is 61.8. The van der Waals surface area contributed by atoms with Crippen molar-refractivity contribution >= 4 is 25.7 Å². The molecule has 0 aliphatic carbocycles. The second-order valence-electron chi connectivity index (χ2n) is 16.9. The molecule has 0 rings (SSSR count). The van der Waals surface area contributed by atoms with Gasteiger partial charge in [0.25, 0.3) is 0 Å². The number of hydrogen-bond acceptors (Lipinski definition) is 10. The fourth-order valence-electron chi connectivity index (χ4n) is 6.36. The lowest BCUT2D eigenvalue weighted by molar-refractivity contribution is -0.161. The molecule has 0 aromatic heterocycles. The van der Waals surface area contributed by atoms with Crippen molar-refractivity contribution in [3.05, 3.63) is 122 Å². The number of hydrogen-bond donors (Lipinski definition) is 2. The molecule has 70 heavy (non-hydrogen) atoms. The van der Waals surface area contributed by atoms with Gasteiger partial charge in [-0.15, -0.1) is 0 Å². The average Bonchev–Trinajstić information content (AvgIpc) is 3.35. The summed E-state index contributed by atoms with van der Waals surface area (Å²) < 4.78 is 39.3. The Kier molecular flexibility index (Phi) is 48.2. The molecule has 0 fully saturated rings. The van der Waals surface area contributed by atoms with Gasteiger partial charge < -0.3 is 24.2 Å². The quantitative estimate of drug-likeness (QED) is 0.0197. The second kappa shape index (κ2) is 51.2. The highest BCUT2D eigenvalue weighted by atomic mass is 31.2. The average molecular weight is 997 g/mol. The maximum Gasteiger partial charge on any atom is 0.472 e. The van der Waals surface area contributed by atoms with E-state index in [-0.39, 0.29) is 25.9 Å². The van der Waals surface area contributed by atoms with Crippen molar-refractivity contribution in [1.29, 1.82) is 0 Å². The van der Waals surface area contributed by atoms with Gasteiger partial charge in [-0.05, 0) is 116 Å². The number of rotatable bonds is 47. The first-order valence-corrected chi connectivity index (χ1v) is 27.9. The summed E-state index contributed by atoms with van der Waals surface area (Å²) in [5, 5.41) is 9.77. The monoisotopic (exact) mass is 997 g/mol. The molecule has 0 aliphatic rings. The van der Waals surface area contributed by atoms with Crippen LogP contribution in [0.5, 0.6) is 0 Å². The lowest BCUT2D eigenvalue weighted by Crippen LogP contribution is -2.30. The number of esters is 3. The van der Waals surface area contributed by atoms with Crippen LogP contribution in [-0.2, 0) is 42.2 Å². The lowest BCUT2D eigenvalue weighted by atomic mass is 10.1. The zero-order valence-corrected chi connectivity index (χ0v) is 44.3. The number of ether oxygens (including phenoxy) is 3. The molecule has 0 aromatic rings. The third-order valence-corrected chi connectivity index (χ3v) is 11.3. The summed E-state index contributed by atoms with van der Waals surface area (Å²) in [4.78, 5) is 48.3. The molecule has 2 N–H and O–H groups in total. The Morgan fingerprint density at radius 3 is 1.23 bits per heavy atom. The lowest BCUT2D eigenvalue weighted by Gasteiger charge is -2.21. The fourth-order valence-corrected chi connectivity index (χ4v) is 7.15. The zero-order valence-electron chi connectivity index (χ0n) is 43.4. The molecule has 3 atom stereocenters. The van der Waals surface area contributed by atoms with Crippen LogP contribution in [0.25, 0.3) is 0 Å². The number of aliphatic hydroxyl groups is 1. The standard InChI is InChI=1S/C58H93O11P/c1-4-7-10-13-16-19-22-24-26-27-29-30-33-35-38-41-44-47-56(60)65-51-55(69-58(62)49-46-43-40-37-34-31-28-25-23-20-17-14-11-8-5-2)53-67-70(63,64)66-52-54(50-59)68-57(61)48-45-42-39-36-32-21-18-15-12-9-6-3/h7-8,10-11,15-20,24-26,28-30,34-35,37-38,54-55,59H,4-6,9,12-14,21-23,27,31-33,36,39-53H2,1-3H3,(H,63,64)/b10-7-,11-8-,18-15-,19-16-,20-17-,26-24-,28-25-,30-29-,37-34-,38-35-. The van der Waals surface area contributed by atoms with Gasteiger partial charge in [-0.25, -0.2) is 4.57 Å². The van der Waals surface area contributed by atoms with Crippen molar-refractivity contribution in [3.8, 4) is 0 Å². The highest BCUT2D eigenvalue weighted by Crippen LogP contribution is 2.43. The van der Waals surface area contributed by atoms with E-state index in [1.807, 2.05) is 12.2 Å². The van der Waals surface area contributed by atoms with E-state index in [2.05, 4.69) is 130 Å². The van der Waals surface area contributed by atoms with Crippen molar-refractivity contribution in [2.24, 2.45) is 0 Å². The highest BCUT2D eigenvalue weighted by Gasteiger charge is 2.28. The summed E-state index contributed by atoms with van der Waals surface area (Å²) in [6, 6.07) is 0. The van der Waals surface area contributed by atoms with Gasteiger partial charge >= 0.3 is 25.7 Å². The van der Waals surface area contributed by atoms with E-state index in [0.29, 0.717) is 25.7 Å². The van der Waals surface area contributed by atoms with E-state index in [9.17, 15) is 28.9 Å². The van der Waals surface area contributed by atoms with E-state index < -0.39 is 57.8 Å². The molecule has 12 heteroatoms. The number of carbonyl (C=O) groups excluding carboxylic acids is 3. The summed E-state index contributed by atoms with van der Waals surface area (Å²) in [5.41, 5.74) is 0. The molecule has 0 spiro atoms. The molecule has 0 aromatic carbocycles. The topological polar surface area (TPSA) is 155 Å². The molecule has 11 nitrogen and oxygen atoms in total. The molecule has 0 radical (unpaired) electrons. The van der Waals surface area contributed by atoms with E-state index >= 15 is 0 Å². The Labute approximate surface area is 424 Å². The van der Waals surface area contributed by atoms with Crippen LogP contribution in [-0.4, -0.2) is 66.5 Å². The second-order valence-corrected chi connectivity index (χ2v) is 18.4. The van der Waals surface area contributed by atoms with Crippen molar-refractivity contribution in [1.82, 2.24) is 0 Å². The fraction of sp³-hybridized carbons (Fsp3) is 0.603.